The number of oxazole rings is 1. The number of fused-ring (bicyclic) bond motifs is 1. The maximum Gasteiger partial charge on any atom is 0.417 e. The Bertz CT molecular complexity index is 1090. The molecule has 1 saturated carbocycles. The first-order valence-corrected chi connectivity index (χ1v) is 10.7. The van der Waals surface area contributed by atoms with E-state index < -0.39 is 5.76 Å². The molecule has 3 aromatic rings. The van der Waals surface area contributed by atoms with Crippen molar-refractivity contribution in [1.82, 2.24) is 15.4 Å². The summed E-state index contributed by atoms with van der Waals surface area (Å²) in [5.74, 6) is 0.253. The number of nitrogens with zero attached hydrogens (tertiary/aromatic N) is 1. The lowest BCUT2D eigenvalue weighted by atomic mass is 9.81. The van der Waals surface area contributed by atoms with E-state index in [9.17, 15) is 4.79 Å². The summed E-state index contributed by atoms with van der Waals surface area (Å²) in [5.41, 5.74) is 7.62. The summed E-state index contributed by atoms with van der Waals surface area (Å²) >= 11 is 0. The summed E-state index contributed by atoms with van der Waals surface area (Å²) in [6.45, 7) is 0.846. The fourth-order valence-corrected chi connectivity index (χ4v) is 4.76. The van der Waals surface area contributed by atoms with Gasteiger partial charge in [0, 0.05) is 18.2 Å². The Hall–Kier alpha value is -2.83. The zero-order chi connectivity index (χ0) is 20.5. The van der Waals surface area contributed by atoms with E-state index in [1.807, 2.05) is 18.2 Å². The molecule has 1 atom stereocenters. The van der Waals surface area contributed by atoms with E-state index in [1.165, 1.54) is 31.2 Å². The highest BCUT2D eigenvalue weighted by Gasteiger charge is 2.27. The number of likely N-dealkylation sites (N-methyl/N-ethyl adjacent to an activating group) is 1. The summed E-state index contributed by atoms with van der Waals surface area (Å²) in [7, 11) is 2.20. The number of hydroxylamine groups is 1. The number of nitrogens with one attached hydrogen (secondary N) is 2. The first-order chi connectivity index (χ1) is 14.7. The highest BCUT2D eigenvalue weighted by molar-refractivity contribution is 5.78. The molecule has 1 unspecified atom stereocenters. The third-order valence-electron chi connectivity index (χ3n) is 6.46. The maximum absolute atomic E-state index is 11.4. The van der Waals surface area contributed by atoms with Crippen LogP contribution in [-0.2, 0) is 4.84 Å². The Balaban J connectivity index is 1.19. The van der Waals surface area contributed by atoms with Gasteiger partial charge in [0.1, 0.15) is 6.10 Å². The SMILES string of the molecule is CN(CC1C=C(c2ccc3[nH]c(=O)oc3c2)NO1)C1CCC(c2ccccc2)CC1. The molecule has 2 heterocycles. The molecule has 156 valence electrons. The smallest absolute Gasteiger partial charge is 0.408 e. The van der Waals surface area contributed by atoms with Gasteiger partial charge >= 0.3 is 5.76 Å². The van der Waals surface area contributed by atoms with Gasteiger partial charge in [0.2, 0.25) is 0 Å². The number of rotatable bonds is 5. The second-order valence-corrected chi connectivity index (χ2v) is 8.42. The van der Waals surface area contributed by atoms with E-state index in [4.69, 9.17) is 9.25 Å². The number of aromatic nitrogens is 1. The van der Waals surface area contributed by atoms with Crippen LogP contribution in [0.5, 0.6) is 0 Å². The van der Waals surface area contributed by atoms with Crippen molar-refractivity contribution in [1.29, 1.82) is 0 Å². The summed E-state index contributed by atoms with van der Waals surface area (Å²) in [5, 5.41) is 0. The van der Waals surface area contributed by atoms with Gasteiger partial charge in [0.25, 0.3) is 0 Å². The Kier molecular flexibility index (Phi) is 5.19. The van der Waals surface area contributed by atoms with Crippen molar-refractivity contribution in [3.63, 3.8) is 0 Å². The minimum atomic E-state index is -0.437. The molecule has 0 amide bonds. The van der Waals surface area contributed by atoms with Crippen molar-refractivity contribution in [2.45, 2.75) is 43.7 Å². The van der Waals surface area contributed by atoms with Gasteiger partial charge in [0.15, 0.2) is 5.58 Å². The molecule has 1 aliphatic carbocycles. The molecular weight excluding hydrogens is 378 g/mol. The van der Waals surface area contributed by atoms with Crippen LogP contribution >= 0.6 is 0 Å². The Morgan fingerprint density at radius 3 is 2.67 bits per heavy atom. The van der Waals surface area contributed by atoms with Gasteiger partial charge in [-0.15, -0.1) is 0 Å². The van der Waals surface area contributed by atoms with Crippen molar-refractivity contribution >= 4 is 16.8 Å². The van der Waals surface area contributed by atoms with Gasteiger partial charge < -0.3 is 9.32 Å². The summed E-state index contributed by atoms with van der Waals surface area (Å²) in [6.07, 6.45) is 7.02. The van der Waals surface area contributed by atoms with Crippen LogP contribution in [0.2, 0.25) is 0 Å². The molecule has 0 saturated heterocycles. The van der Waals surface area contributed by atoms with Crippen molar-refractivity contribution < 1.29 is 9.25 Å². The molecular formula is C24H27N3O3. The third-order valence-corrected chi connectivity index (χ3v) is 6.46. The molecule has 5 rings (SSSR count). The lowest BCUT2D eigenvalue weighted by molar-refractivity contribution is 0.0212. The third kappa shape index (κ3) is 3.93. The van der Waals surface area contributed by atoms with Crippen LogP contribution in [0, 0.1) is 0 Å². The predicted octanol–water partition coefficient (Wildman–Crippen LogP) is 4.02. The van der Waals surface area contributed by atoms with E-state index in [0.717, 1.165) is 17.8 Å². The monoisotopic (exact) mass is 405 g/mol. The maximum atomic E-state index is 11.4. The number of benzene rings is 2. The van der Waals surface area contributed by atoms with Crippen LogP contribution in [0.1, 0.15) is 42.7 Å². The van der Waals surface area contributed by atoms with Crippen LogP contribution in [0.15, 0.2) is 63.8 Å². The van der Waals surface area contributed by atoms with Crippen LogP contribution in [0.4, 0.5) is 0 Å². The summed E-state index contributed by atoms with van der Waals surface area (Å²) in [6, 6.07) is 17.1. The Morgan fingerprint density at radius 2 is 1.87 bits per heavy atom. The molecule has 0 spiro atoms. The van der Waals surface area contributed by atoms with Crippen molar-refractivity contribution in [2.75, 3.05) is 13.6 Å². The van der Waals surface area contributed by atoms with Crippen molar-refractivity contribution in [3.8, 4) is 0 Å². The van der Waals surface area contributed by atoms with Gasteiger partial charge in [-0.2, -0.15) is 0 Å². The van der Waals surface area contributed by atoms with Crippen molar-refractivity contribution in [3.05, 3.63) is 76.3 Å². The molecule has 2 aliphatic rings. The number of hydrogen-bond donors (Lipinski definition) is 2. The normalized spacial score (nSPS) is 24.2. The molecule has 2 N–H and O–H groups in total. The minimum absolute atomic E-state index is 0.00854. The Morgan fingerprint density at radius 1 is 1.07 bits per heavy atom. The van der Waals surface area contributed by atoms with Crippen LogP contribution in [-0.4, -0.2) is 35.6 Å². The molecule has 30 heavy (non-hydrogen) atoms. The number of aromatic amines is 1. The van der Waals surface area contributed by atoms with Crippen LogP contribution in [0.25, 0.3) is 16.8 Å². The molecule has 1 fully saturated rings. The molecule has 0 bridgehead atoms. The fourth-order valence-electron chi connectivity index (χ4n) is 4.76. The fraction of sp³-hybridized carbons (Fsp3) is 0.375. The standard InChI is InChI=1S/C24H27N3O3/c1-27(19-10-7-17(8-11-19)16-5-3-2-4-6-16)15-20-14-22(26-30-20)18-9-12-21-23(13-18)29-24(28)25-21/h2-6,9,12-14,17,19-20,26H,7-8,10-11,15H2,1H3,(H,25,28). The molecule has 0 radical (unpaired) electrons. The predicted molar refractivity (Wildman–Crippen MR) is 117 cm³/mol. The minimum Gasteiger partial charge on any atom is -0.408 e. The summed E-state index contributed by atoms with van der Waals surface area (Å²) < 4.78 is 5.16. The topological polar surface area (TPSA) is 70.5 Å². The average Bonchev–Trinajstić information content (AvgIpc) is 3.39. The molecule has 1 aliphatic heterocycles. The summed E-state index contributed by atoms with van der Waals surface area (Å²) in [4.78, 5) is 22.3. The molecule has 6 nitrogen and oxygen atoms in total. The van der Waals surface area contributed by atoms with Gasteiger partial charge in [-0.25, -0.2) is 4.79 Å². The Labute approximate surface area is 175 Å². The molecule has 2 aromatic carbocycles. The molecule has 1 aromatic heterocycles. The quantitative estimate of drug-likeness (QED) is 0.671. The number of H-pyrrole nitrogens is 1. The highest BCUT2D eigenvalue weighted by Crippen LogP contribution is 2.34. The highest BCUT2D eigenvalue weighted by atomic mass is 16.7. The van der Waals surface area contributed by atoms with Gasteiger partial charge in [-0.1, -0.05) is 36.4 Å². The van der Waals surface area contributed by atoms with E-state index in [1.54, 1.807) is 0 Å². The first kappa shape index (κ1) is 19.2. The van der Waals surface area contributed by atoms with E-state index >= 15 is 0 Å². The van der Waals surface area contributed by atoms with Gasteiger partial charge in [0.05, 0.1) is 11.2 Å². The number of hydrogen-bond acceptors (Lipinski definition) is 5. The average molecular weight is 405 g/mol. The van der Waals surface area contributed by atoms with Crippen molar-refractivity contribution in [2.24, 2.45) is 0 Å². The second kappa shape index (κ2) is 8.13. The van der Waals surface area contributed by atoms with Gasteiger partial charge in [-0.05, 0) is 62.4 Å². The van der Waals surface area contributed by atoms with Crippen LogP contribution < -0.4 is 11.2 Å². The van der Waals surface area contributed by atoms with Gasteiger partial charge in [-0.3, -0.25) is 15.3 Å². The van der Waals surface area contributed by atoms with Crippen LogP contribution in [0.3, 0.4) is 0 Å². The van der Waals surface area contributed by atoms with E-state index in [0.29, 0.717) is 23.1 Å². The van der Waals surface area contributed by atoms with E-state index in [-0.39, 0.29) is 6.10 Å². The second-order valence-electron chi connectivity index (χ2n) is 8.42. The lowest BCUT2D eigenvalue weighted by Gasteiger charge is -2.35. The van der Waals surface area contributed by atoms with E-state index in [2.05, 4.69) is 58.8 Å². The largest absolute Gasteiger partial charge is 0.417 e. The molecule has 6 heteroatoms. The lowest BCUT2D eigenvalue weighted by Crippen LogP contribution is -2.39. The zero-order valence-corrected chi connectivity index (χ0v) is 17.1. The first-order valence-electron chi connectivity index (χ1n) is 10.7. The zero-order valence-electron chi connectivity index (χ0n) is 17.1.